The normalized spacial score (nSPS) is 21.6. The van der Waals surface area contributed by atoms with Crippen LogP contribution in [0.1, 0.15) is 32.2 Å². The summed E-state index contributed by atoms with van der Waals surface area (Å²) in [6.07, 6.45) is 5.56. The van der Waals surface area contributed by atoms with E-state index in [0.717, 1.165) is 27.9 Å². The summed E-state index contributed by atoms with van der Waals surface area (Å²) in [6, 6.07) is 8.74. The molecule has 2 aromatic heterocycles. The Morgan fingerprint density at radius 3 is 3.00 bits per heavy atom. The molecule has 0 spiro atoms. The fourth-order valence-electron chi connectivity index (χ4n) is 3.31. The smallest absolute Gasteiger partial charge is 0.201 e. The Balaban J connectivity index is 1.95. The van der Waals surface area contributed by atoms with Crippen LogP contribution in [0.3, 0.4) is 0 Å². The van der Waals surface area contributed by atoms with Crippen molar-refractivity contribution >= 4 is 27.9 Å². The second-order valence-corrected chi connectivity index (χ2v) is 5.70. The fourth-order valence-corrected chi connectivity index (χ4v) is 3.31. The number of aromatic nitrogens is 3. The number of hydrogen-bond acceptors (Lipinski definition) is 3. The van der Waals surface area contributed by atoms with E-state index in [-0.39, 0.29) is 0 Å². The first-order valence-electron chi connectivity index (χ1n) is 7.30. The fraction of sp³-hybridized carbons (Fsp3) is 0.375. The molecule has 2 heterocycles. The highest BCUT2D eigenvalue weighted by Gasteiger charge is 2.39. The summed E-state index contributed by atoms with van der Waals surface area (Å²) in [5.74, 6) is 1.38. The summed E-state index contributed by atoms with van der Waals surface area (Å²) in [7, 11) is 0. The van der Waals surface area contributed by atoms with E-state index < -0.39 is 0 Å². The maximum absolute atomic E-state index is 6.17. The van der Waals surface area contributed by atoms with Gasteiger partial charge in [-0.2, -0.15) is 0 Å². The van der Waals surface area contributed by atoms with Gasteiger partial charge in [-0.05, 0) is 24.8 Å². The lowest BCUT2D eigenvalue weighted by Crippen LogP contribution is -2.02. The van der Waals surface area contributed by atoms with Gasteiger partial charge in [-0.25, -0.2) is 4.98 Å². The first-order valence-corrected chi connectivity index (χ1v) is 7.30. The molecule has 1 aromatic carbocycles. The molecule has 0 radical (unpaired) electrons. The third-order valence-electron chi connectivity index (χ3n) is 4.33. The minimum absolute atomic E-state index is 0.519. The van der Waals surface area contributed by atoms with Crippen molar-refractivity contribution in [3.05, 3.63) is 30.5 Å². The van der Waals surface area contributed by atoms with E-state index in [1.807, 2.05) is 24.4 Å². The molecule has 4 heteroatoms. The van der Waals surface area contributed by atoms with Crippen molar-refractivity contribution in [2.24, 2.45) is 5.92 Å². The average molecular weight is 266 g/mol. The van der Waals surface area contributed by atoms with E-state index >= 15 is 0 Å². The summed E-state index contributed by atoms with van der Waals surface area (Å²) in [5, 5.41) is 1.15. The lowest BCUT2D eigenvalue weighted by atomic mass is 10.2. The highest BCUT2D eigenvalue weighted by molar-refractivity contribution is 6.03. The molecule has 2 atom stereocenters. The lowest BCUT2D eigenvalue weighted by Gasteiger charge is -2.07. The van der Waals surface area contributed by atoms with E-state index in [1.165, 1.54) is 19.3 Å². The number of pyridine rings is 1. The van der Waals surface area contributed by atoms with Crippen LogP contribution >= 0.6 is 0 Å². The van der Waals surface area contributed by atoms with Crippen LogP contribution in [0.5, 0.6) is 0 Å². The molecule has 2 unspecified atom stereocenters. The number of hydrogen-bond donors (Lipinski definition) is 1. The number of fused-ring (bicyclic) bond motifs is 3. The molecule has 0 amide bonds. The van der Waals surface area contributed by atoms with E-state index in [1.54, 1.807) is 0 Å². The third-order valence-corrected chi connectivity index (χ3v) is 4.33. The topological polar surface area (TPSA) is 56.7 Å². The zero-order valence-corrected chi connectivity index (χ0v) is 11.6. The number of rotatable bonds is 3. The van der Waals surface area contributed by atoms with Crippen molar-refractivity contribution in [1.29, 1.82) is 0 Å². The molecule has 1 aliphatic rings. The minimum atomic E-state index is 0.519. The molecule has 1 fully saturated rings. The van der Waals surface area contributed by atoms with Crippen LogP contribution in [0, 0.1) is 5.92 Å². The Labute approximate surface area is 117 Å². The third kappa shape index (κ3) is 1.60. The Kier molecular flexibility index (Phi) is 2.46. The van der Waals surface area contributed by atoms with Gasteiger partial charge in [0.25, 0.3) is 0 Å². The Hall–Kier alpha value is -2.10. The maximum Gasteiger partial charge on any atom is 0.201 e. The molecular formula is C16H18N4. The molecule has 0 bridgehead atoms. The van der Waals surface area contributed by atoms with Crippen molar-refractivity contribution in [2.75, 3.05) is 5.73 Å². The number of imidazole rings is 1. The molecular weight excluding hydrogens is 248 g/mol. The summed E-state index contributed by atoms with van der Waals surface area (Å²) >= 11 is 0. The molecule has 1 aliphatic carbocycles. The quantitative estimate of drug-likeness (QED) is 0.789. The highest BCUT2D eigenvalue weighted by Crippen LogP contribution is 2.49. The van der Waals surface area contributed by atoms with Crippen LogP contribution in [0.25, 0.3) is 21.9 Å². The van der Waals surface area contributed by atoms with E-state index in [9.17, 15) is 0 Å². The molecule has 1 saturated carbocycles. The molecule has 20 heavy (non-hydrogen) atoms. The lowest BCUT2D eigenvalue weighted by molar-refractivity contribution is 0.622. The second-order valence-electron chi connectivity index (χ2n) is 5.70. The summed E-state index contributed by atoms with van der Waals surface area (Å²) in [4.78, 5) is 8.96. The number of benzene rings is 1. The van der Waals surface area contributed by atoms with Gasteiger partial charge in [0, 0.05) is 11.4 Å². The Morgan fingerprint density at radius 2 is 2.15 bits per heavy atom. The Bertz CT molecular complexity index is 790. The highest BCUT2D eigenvalue weighted by atomic mass is 15.2. The van der Waals surface area contributed by atoms with Crippen molar-refractivity contribution in [3.8, 4) is 0 Å². The first-order chi connectivity index (χ1) is 9.79. The zero-order chi connectivity index (χ0) is 13.7. The number of para-hydroxylation sites is 1. The molecule has 4 rings (SSSR count). The monoisotopic (exact) mass is 266 g/mol. The van der Waals surface area contributed by atoms with Gasteiger partial charge in [0.1, 0.15) is 5.52 Å². The van der Waals surface area contributed by atoms with E-state index in [0.29, 0.717) is 12.0 Å². The largest absolute Gasteiger partial charge is 0.369 e. The summed E-state index contributed by atoms with van der Waals surface area (Å²) in [6.45, 7) is 2.24. The van der Waals surface area contributed by atoms with Crippen LogP contribution in [0.2, 0.25) is 0 Å². The SMILES string of the molecule is CCCC1CC1n1c(N)nc2cnc3ccccc3c21. The van der Waals surface area contributed by atoms with Gasteiger partial charge in [0.05, 0.1) is 17.2 Å². The number of nitrogens with two attached hydrogens (primary N) is 1. The van der Waals surface area contributed by atoms with Gasteiger partial charge in [-0.15, -0.1) is 0 Å². The van der Waals surface area contributed by atoms with Crippen molar-refractivity contribution < 1.29 is 0 Å². The number of nitrogen functional groups attached to an aromatic ring is 1. The summed E-state index contributed by atoms with van der Waals surface area (Å²) in [5.41, 5.74) is 9.23. The molecule has 3 aromatic rings. The van der Waals surface area contributed by atoms with E-state index in [2.05, 4.69) is 27.5 Å². The predicted octanol–water partition coefficient (Wildman–Crippen LogP) is 3.53. The van der Waals surface area contributed by atoms with Gasteiger partial charge >= 0.3 is 0 Å². The van der Waals surface area contributed by atoms with Crippen LogP contribution in [-0.4, -0.2) is 14.5 Å². The van der Waals surface area contributed by atoms with Crippen LogP contribution in [0.4, 0.5) is 5.95 Å². The van der Waals surface area contributed by atoms with Gasteiger partial charge in [0.15, 0.2) is 0 Å². The zero-order valence-electron chi connectivity index (χ0n) is 11.6. The van der Waals surface area contributed by atoms with Gasteiger partial charge in [0.2, 0.25) is 5.95 Å². The minimum Gasteiger partial charge on any atom is -0.369 e. The van der Waals surface area contributed by atoms with Crippen molar-refractivity contribution in [2.45, 2.75) is 32.2 Å². The molecule has 0 saturated heterocycles. The van der Waals surface area contributed by atoms with Crippen molar-refractivity contribution in [1.82, 2.24) is 14.5 Å². The average Bonchev–Trinajstić information content (AvgIpc) is 3.12. The first kappa shape index (κ1) is 11.7. The molecule has 2 N–H and O–H groups in total. The Morgan fingerprint density at radius 1 is 1.30 bits per heavy atom. The summed E-state index contributed by atoms with van der Waals surface area (Å²) < 4.78 is 2.24. The maximum atomic E-state index is 6.17. The second kappa shape index (κ2) is 4.20. The van der Waals surface area contributed by atoms with Crippen LogP contribution < -0.4 is 5.73 Å². The van der Waals surface area contributed by atoms with Gasteiger partial charge < -0.3 is 10.3 Å². The standard InChI is InChI=1S/C16H18N4/c1-2-5-10-8-14(10)20-15-11-6-3-4-7-12(11)18-9-13(15)19-16(20)17/h3-4,6-7,9-10,14H,2,5,8H2,1H3,(H2,17,19). The number of anilines is 1. The van der Waals surface area contributed by atoms with E-state index in [4.69, 9.17) is 5.73 Å². The van der Waals surface area contributed by atoms with Crippen LogP contribution in [0.15, 0.2) is 30.5 Å². The van der Waals surface area contributed by atoms with Crippen LogP contribution in [-0.2, 0) is 0 Å². The number of nitrogens with zero attached hydrogens (tertiary/aromatic N) is 3. The molecule has 4 nitrogen and oxygen atoms in total. The molecule has 102 valence electrons. The van der Waals surface area contributed by atoms with Gasteiger partial charge in [-0.3, -0.25) is 4.98 Å². The molecule has 0 aliphatic heterocycles. The van der Waals surface area contributed by atoms with Gasteiger partial charge in [-0.1, -0.05) is 31.5 Å². The van der Waals surface area contributed by atoms with Crippen molar-refractivity contribution in [3.63, 3.8) is 0 Å². The predicted molar refractivity (Wildman–Crippen MR) is 81.5 cm³/mol.